The first kappa shape index (κ1) is 15.0. The van der Waals surface area contributed by atoms with Gasteiger partial charge < -0.3 is 4.74 Å². The summed E-state index contributed by atoms with van der Waals surface area (Å²) < 4.78 is 5.08. The third-order valence-electron chi connectivity index (χ3n) is 2.95. The fourth-order valence-electron chi connectivity index (χ4n) is 1.86. The maximum Gasteiger partial charge on any atom is 0.338 e. The lowest BCUT2D eigenvalue weighted by Gasteiger charge is -2.03. The molecule has 0 bridgehead atoms. The zero-order chi connectivity index (χ0) is 15.1. The Morgan fingerprint density at radius 3 is 2.62 bits per heavy atom. The van der Waals surface area contributed by atoms with E-state index in [-0.39, 0.29) is 5.97 Å². The first-order valence-corrected chi connectivity index (χ1v) is 7.07. The van der Waals surface area contributed by atoms with Crippen molar-refractivity contribution in [3.8, 4) is 0 Å². The number of rotatable bonds is 5. The van der Waals surface area contributed by atoms with E-state index in [9.17, 15) is 4.79 Å². The van der Waals surface area contributed by atoms with Gasteiger partial charge in [0, 0.05) is 6.21 Å². The molecule has 21 heavy (non-hydrogen) atoms. The predicted octanol–water partition coefficient (Wildman–Crippen LogP) is 4.31. The van der Waals surface area contributed by atoms with Crippen LogP contribution in [0, 0.1) is 6.92 Å². The highest BCUT2D eigenvalue weighted by Crippen LogP contribution is 2.14. The second kappa shape index (κ2) is 7.39. The second-order valence-electron chi connectivity index (χ2n) is 4.86. The molecule has 0 aliphatic heterocycles. The van der Waals surface area contributed by atoms with Gasteiger partial charge in [0.2, 0.25) is 0 Å². The van der Waals surface area contributed by atoms with Crippen LogP contribution in [0.25, 0.3) is 0 Å². The molecule has 0 aliphatic carbocycles. The number of esters is 1. The van der Waals surface area contributed by atoms with Crippen LogP contribution in [0.1, 0.15) is 34.8 Å². The van der Waals surface area contributed by atoms with E-state index in [1.54, 1.807) is 12.1 Å². The first-order valence-electron chi connectivity index (χ1n) is 7.07. The quantitative estimate of drug-likeness (QED) is 0.605. The number of hydrogen-bond donors (Lipinski definition) is 0. The van der Waals surface area contributed by atoms with Gasteiger partial charge in [-0.05, 0) is 43.2 Å². The number of ether oxygens (including phenoxy) is 1. The minimum absolute atomic E-state index is 0.286. The van der Waals surface area contributed by atoms with Crippen LogP contribution in [0.15, 0.2) is 53.5 Å². The molecule has 0 amide bonds. The van der Waals surface area contributed by atoms with Gasteiger partial charge in [0.15, 0.2) is 0 Å². The van der Waals surface area contributed by atoms with Gasteiger partial charge in [0.25, 0.3) is 0 Å². The van der Waals surface area contributed by atoms with E-state index in [4.69, 9.17) is 4.74 Å². The smallest absolute Gasteiger partial charge is 0.338 e. The van der Waals surface area contributed by atoms with E-state index in [1.807, 2.05) is 50.4 Å². The number of hydrogen-bond acceptors (Lipinski definition) is 3. The van der Waals surface area contributed by atoms with Crippen LogP contribution in [-0.4, -0.2) is 18.8 Å². The van der Waals surface area contributed by atoms with Gasteiger partial charge in [-0.1, -0.05) is 36.8 Å². The fourth-order valence-corrected chi connectivity index (χ4v) is 1.86. The van der Waals surface area contributed by atoms with Crippen LogP contribution in [0.2, 0.25) is 0 Å². The third-order valence-corrected chi connectivity index (χ3v) is 2.95. The summed E-state index contributed by atoms with van der Waals surface area (Å²) in [6.07, 6.45) is 2.64. The van der Waals surface area contributed by atoms with Crippen LogP contribution < -0.4 is 0 Å². The van der Waals surface area contributed by atoms with Gasteiger partial charge in [-0.2, -0.15) is 0 Å². The molecular formula is C18H19NO2. The number of aryl methyl sites for hydroxylation is 1. The molecule has 0 atom stereocenters. The normalized spacial score (nSPS) is 10.8. The summed E-state index contributed by atoms with van der Waals surface area (Å²) in [5.41, 5.74) is 3.62. The Balaban J connectivity index is 2.04. The van der Waals surface area contributed by atoms with E-state index in [0.717, 1.165) is 17.7 Å². The zero-order valence-electron chi connectivity index (χ0n) is 12.4. The van der Waals surface area contributed by atoms with Crippen molar-refractivity contribution in [1.29, 1.82) is 0 Å². The Kier molecular flexibility index (Phi) is 5.27. The van der Waals surface area contributed by atoms with E-state index < -0.39 is 0 Å². The SMILES string of the molecule is CCCOC(=O)c1ccc(N=Cc2cccc(C)c2)cc1. The Labute approximate surface area is 125 Å². The molecule has 0 saturated carbocycles. The number of benzene rings is 2. The van der Waals surface area contributed by atoms with E-state index in [1.165, 1.54) is 5.56 Å². The highest BCUT2D eigenvalue weighted by Gasteiger charge is 2.05. The summed E-state index contributed by atoms with van der Waals surface area (Å²) >= 11 is 0. The molecule has 0 saturated heterocycles. The summed E-state index contributed by atoms with van der Waals surface area (Å²) in [4.78, 5) is 16.1. The summed E-state index contributed by atoms with van der Waals surface area (Å²) in [6.45, 7) is 4.47. The van der Waals surface area contributed by atoms with Gasteiger partial charge in [-0.25, -0.2) is 4.79 Å². The van der Waals surface area contributed by atoms with Crippen LogP contribution >= 0.6 is 0 Å². The highest BCUT2D eigenvalue weighted by atomic mass is 16.5. The number of aliphatic imine (C=N–C) groups is 1. The van der Waals surface area contributed by atoms with Crippen molar-refractivity contribution < 1.29 is 9.53 Å². The summed E-state index contributed by atoms with van der Waals surface area (Å²) in [7, 11) is 0. The molecule has 0 spiro atoms. The Morgan fingerprint density at radius 1 is 1.19 bits per heavy atom. The largest absolute Gasteiger partial charge is 0.462 e. The van der Waals surface area contributed by atoms with E-state index in [2.05, 4.69) is 11.1 Å². The lowest BCUT2D eigenvalue weighted by molar-refractivity contribution is 0.0505. The number of carbonyl (C=O) groups is 1. The molecule has 0 radical (unpaired) electrons. The Hall–Kier alpha value is -2.42. The van der Waals surface area contributed by atoms with Crippen LogP contribution in [0.5, 0.6) is 0 Å². The van der Waals surface area contributed by atoms with E-state index in [0.29, 0.717) is 12.2 Å². The van der Waals surface area contributed by atoms with Gasteiger partial charge in [-0.3, -0.25) is 4.99 Å². The van der Waals surface area contributed by atoms with Crippen LogP contribution in [0.3, 0.4) is 0 Å². The van der Waals surface area contributed by atoms with Gasteiger partial charge >= 0.3 is 5.97 Å². The second-order valence-corrected chi connectivity index (χ2v) is 4.86. The van der Waals surface area contributed by atoms with Crippen molar-refractivity contribution in [1.82, 2.24) is 0 Å². The molecule has 0 heterocycles. The monoisotopic (exact) mass is 281 g/mol. The van der Waals surface area contributed by atoms with Crippen molar-refractivity contribution in [3.63, 3.8) is 0 Å². The fraction of sp³-hybridized carbons (Fsp3) is 0.222. The molecule has 3 nitrogen and oxygen atoms in total. The average molecular weight is 281 g/mol. The summed E-state index contributed by atoms with van der Waals surface area (Å²) in [5, 5.41) is 0. The number of nitrogens with zero attached hydrogens (tertiary/aromatic N) is 1. The Bertz CT molecular complexity index is 630. The van der Waals surface area contributed by atoms with Crippen LogP contribution in [0.4, 0.5) is 5.69 Å². The number of carbonyl (C=O) groups excluding carboxylic acids is 1. The van der Waals surface area contributed by atoms with Crippen molar-refractivity contribution in [2.45, 2.75) is 20.3 Å². The first-order chi connectivity index (χ1) is 10.2. The van der Waals surface area contributed by atoms with Crippen LogP contribution in [-0.2, 0) is 4.74 Å². The third kappa shape index (κ3) is 4.56. The average Bonchev–Trinajstić information content (AvgIpc) is 2.51. The van der Waals surface area contributed by atoms with Gasteiger partial charge in [-0.15, -0.1) is 0 Å². The molecule has 0 N–H and O–H groups in total. The molecule has 2 aromatic carbocycles. The molecule has 0 aliphatic rings. The standard InChI is InChI=1S/C18H19NO2/c1-3-11-21-18(20)16-7-9-17(10-8-16)19-13-15-6-4-5-14(2)12-15/h4-10,12-13H,3,11H2,1-2H3. The van der Waals surface area contributed by atoms with E-state index >= 15 is 0 Å². The molecule has 2 aromatic rings. The molecule has 0 fully saturated rings. The molecule has 108 valence electrons. The van der Waals surface area contributed by atoms with Gasteiger partial charge in [0.05, 0.1) is 17.9 Å². The molecule has 3 heteroatoms. The maximum absolute atomic E-state index is 11.7. The molecule has 2 rings (SSSR count). The summed E-state index contributed by atoms with van der Waals surface area (Å²) in [5.74, 6) is -0.286. The minimum atomic E-state index is -0.286. The maximum atomic E-state index is 11.7. The van der Waals surface area contributed by atoms with Crippen molar-refractivity contribution in [3.05, 3.63) is 65.2 Å². The molecular weight excluding hydrogens is 262 g/mol. The van der Waals surface area contributed by atoms with Crippen molar-refractivity contribution >= 4 is 17.9 Å². The Morgan fingerprint density at radius 2 is 1.95 bits per heavy atom. The van der Waals surface area contributed by atoms with Crippen molar-refractivity contribution in [2.75, 3.05) is 6.61 Å². The molecule has 0 unspecified atom stereocenters. The topological polar surface area (TPSA) is 38.7 Å². The molecule has 0 aromatic heterocycles. The minimum Gasteiger partial charge on any atom is -0.462 e. The van der Waals surface area contributed by atoms with Crippen molar-refractivity contribution in [2.24, 2.45) is 4.99 Å². The van der Waals surface area contributed by atoms with Gasteiger partial charge in [0.1, 0.15) is 0 Å². The zero-order valence-corrected chi connectivity index (χ0v) is 12.4. The highest BCUT2D eigenvalue weighted by molar-refractivity contribution is 5.90. The lowest BCUT2D eigenvalue weighted by Crippen LogP contribution is -2.05. The lowest BCUT2D eigenvalue weighted by atomic mass is 10.1. The predicted molar refractivity (Wildman–Crippen MR) is 85.4 cm³/mol. The summed E-state index contributed by atoms with van der Waals surface area (Å²) in [6, 6.07) is 15.2.